The van der Waals surface area contributed by atoms with Gasteiger partial charge in [0.25, 0.3) is 0 Å². The fourth-order valence-corrected chi connectivity index (χ4v) is 2.07. The second kappa shape index (κ2) is 11.7. The van der Waals surface area contributed by atoms with Gasteiger partial charge in [-0.05, 0) is 24.6 Å². The van der Waals surface area contributed by atoms with E-state index in [9.17, 15) is 4.79 Å². The van der Waals surface area contributed by atoms with Gasteiger partial charge < -0.3 is 30.2 Å². The van der Waals surface area contributed by atoms with Crippen molar-refractivity contribution >= 4 is 35.8 Å². The highest BCUT2D eigenvalue weighted by atomic mass is 127. The van der Waals surface area contributed by atoms with E-state index in [4.69, 9.17) is 14.2 Å². The lowest BCUT2D eigenvalue weighted by Gasteiger charge is -2.11. The smallest absolute Gasteiger partial charge is 0.239 e. The molecule has 0 saturated heterocycles. The topological polar surface area (TPSA) is 93.2 Å². The molecule has 0 bridgehead atoms. The molecule has 1 aliphatic heterocycles. The van der Waals surface area contributed by atoms with Crippen LogP contribution in [0.3, 0.4) is 0 Å². The van der Waals surface area contributed by atoms with E-state index in [1.165, 1.54) is 0 Å². The molecule has 0 atom stereocenters. The molecule has 0 fully saturated rings. The van der Waals surface area contributed by atoms with E-state index in [1.807, 2.05) is 25.1 Å². The van der Waals surface area contributed by atoms with Crippen molar-refractivity contribution < 1.29 is 19.0 Å². The molecule has 1 heterocycles. The molecule has 1 aromatic rings. The van der Waals surface area contributed by atoms with Gasteiger partial charge in [-0.1, -0.05) is 6.07 Å². The lowest BCUT2D eigenvalue weighted by Crippen LogP contribution is -2.43. The van der Waals surface area contributed by atoms with E-state index in [1.54, 1.807) is 7.11 Å². The third-order valence-electron chi connectivity index (χ3n) is 3.25. The molecule has 9 heteroatoms. The summed E-state index contributed by atoms with van der Waals surface area (Å²) in [7, 11) is 1.59. The lowest BCUT2D eigenvalue weighted by atomic mass is 10.2. The second-order valence-electron chi connectivity index (χ2n) is 5.08. The minimum atomic E-state index is -0.110. The van der Waals surface area contributed by atoms with Gasteiger partial charge in [0.2, 0.25) is 12.7 Å². The molecule has 0 aromatic heterocycles. The molecule has 140 valence electrons. The van der Waals surface area contributed by atoms with Crippen LogP contribution in [0.4, 0.5) is 0 Å². The van der Waals surface area contributed by atoms with Gasteiger partial charge in [-0.3, -0.25) is 4.79 Å². The summed E-state index contributed by atoms with van der Waals surface area (Å²) < 4.78 is 15.5. The van der Waals surface area contributed by atoms with Gasteiger partial charge >= 0.3 is 0 Å². The Bertz CT molecular complexity index is 583. The van der Waals surface area contributed by atoms with E-state index >= 15 is 0 Å². The van der Waals surface area contributed by atoms with Crippen LogP contribution in [0.1, 0.15) is 12.5 Å². The number of carbonyl (C=O) groups excluding carboxylic acids is 1. The van der Waals surface area contributed by atoms with Crippen LogP contribution in [0, 0.1) is 0 Å². The Morgan fingerprint density at radius 3 is 2.80 bits per heavy atom. The predicted molar refractivity (Wildman–Crippen MR) is 106 cm³/mol. The van der Waals surface area contributed by atoms with Gasteiger partial charge in [-0.2, -0.15) is 0 Å². The number of guanidine groups is 1. The lowest BCUT2D eigenvalue weighted by molar-refractivity contribution is -0.120. The Hall–Kier alpha value is -1.75. The van der Waals surface area contributed by atoms with Crippen molar-refractivity contribution in [3.05, 3.63) is 23.8 Å². The molecule has 0 spiro atoms. The molecule has 0 aliphatic carbocycles. The van der Waals surface area contributed by atoms with E-state index in [0.717, 1.165) is 17.1 Å². The number of methoxy groups -OCH3 is 1. The van der Waals surface area contributed by atoms with Crippen molar-refractivity contribution in [2.75, 3.05) is 40.1 Å². The normalized spacial score (nSPS) is 12.3. The zero-order valence-corrected chi connectivity index (χ0v) is 16.8. The third kappa shape index (κ3) is 7.34. The number of benzene rings is 1. The number of nitrogens with one attached hydrogen (secondary N) is 3. The zero-order valence-electron chi connectivity index (χ0n) is 14.5. The highest BCUT2D eigenvalue weighted by molar-refractivity contribution is 14.0. The van der Waals surface area contributed by atoms with Gasteiger partial charge in [0, 0.05) is 20.2 Å². The number of ether oxygens (including phenoxy) is 3. The Morgan fingerprint density at radius 2 is 2.04 bits per heavy atom. The number of aliphatic imine (C=N–C) groups is 1. The van der Waals surface area contributed by atoms with Gasteiger partial charge in [0.05, 0.1) is 19.7 Å². The predicted octanol–water partition coefficient (Wildman–Crippen LogP) is 0.851. The summed E-state index contributed by atoms with van der Waals surface area (Å²) in [5.41, 5.74) is 1.00. The molecule has 0 radical (unpaired) electrons. The molecule has 1 aliphatic rings. The molecule has 2 rings (SSSR count). The van der Waals surface area contributed by atoms with Crippen molar-refractivity contribution in [3.63, 3.8) is 0 Å². The van der Waals surface area contributed by atoms with Crippen LogP contribution in [0.5, 0.6) is 11.5 Å². The third-order valence-corrected chi connectivity index (χ3v) is 3.25. The van der Waals surface area contributed by atoms with Crippen LogP contribution in [0.25, 0.3) is 0 Å². The largest absolute Gasteiger partial charge is 0.454 e. The minimum absolute atomic E-state index is 0. The number of halogens is 1. The molecular weight excluding hydrogens is 439 g/mol. The zero-order chi connectivity index (χ0) is 17.2. The van der Waals surface area contributed by atoms with E-state index in [2.05, 4.69) is 20.9 Å². The Kier molecular flexibility index (Phi) is 10.0. The maximum absolute atomic E-state index is 11.7. The molecule has 8 nitrogen and oxygen atoms in total. The standard InChI is InChI=1S/C16H24N4O4.HI/c1-3-17-16(20-10-15(21)18-6-7-22-2)19-9-12-4-5-13-14(8-12)24-11-23-13;/h4-5,8H,3,6-7,9-11H2,1-2H3,(H,18,21)(H2,17,19,20);1H. The van der Waals surface area contributed by atoms with Crippen molar-refractivity contribution in [3.8, 4) is 11.5 Å². The number of fused-ring (bicyclic) bond motifs is 1. The number of hydrogen-bond donors (Lipinski definition) is 3. The monoisotopic (exact) mass is 464 g/mol. The first-order chi connectivity index (χ1) is 11.7. The molecule has 0 saturated carbocycles. The number of rotatable bonds is 8. The van der Waals surface area contributed by atoms with Gasteiger partial charge in [0.1, 0.15) is 0 Å². The van der Waals surface area contributed by atoms with Crippen LogP contribution < -0.4 is 25.4 Å². The second-order valence-corrected chi connectivity index (χ2v) is 5.08. The summed E-state index contributed by atoms with van der Waals surface area (Å²) >= 11 is 0. The summed E-state index contributed by atoms with van der Waals surface area (Å²) in [5, 5.41) is 8.85. The number of nitrogens with zero attached hydrogens (tertiary/aromatic N) is 1. The van der Waals surface area contributed by atoms with Crippen LogP contribution in [0.15, 0.2) is 23.2 Å². The molecule has 1 amide bonds. The quantitative estimate of drug-likeness (QED) is 0.229. The highest BCUT2D eigenvalue weighted by Gasteiger charge is 2.13. The Morgan fingerprint density at radius 1 is 1.24 bits per heavy atom. The number of hydrogen-bond acceptors (Lipinski definition) is 5. The summed E-state index contributed by atoms with van der Waals surface area (Å²) in [4.78, 5) is 16.2. The first-order valence-corrected chi connectivity index (χ1v) is 7.89. The van der Waals surface area contributed by atoms with E-state index < -0.39 is 0 Å². The summed E-state index contributed by atoms with van der Waals surface area (Å²) in [5.74, 6) is 1.96. The fourth-order valence-electron chi connectivity index (χ4n) is 2.07. The van der Waals surface area contributed by atoms with E-state index in [-0.39, 0.29) is 43.2 Å². The van der Waals surface area contributed by atoms with Crippen LogP contribution in [-0.4, -0.2) is 52.0 Å². The summed E-state index contributed by atoms with van der Waals surface area (Å²) in [6.45, 7) is 4.53. The first kappa shape index (κ1) is 21.3. The molecule has 3 N–H and O–H groups in total. The average molecular weight is 464 g/mol. The van der Waals surface area contributed by atoms with Crippen molar-refractivity contribution in [2.45, 2.75) is 13.5 Å². The Labute approximate surface area is 164 Å². The van der Waals surface area contributed by atoms with Gasteiger partial charge in [-0.25, -0.2) is 4.99 Å². The highest BCUT2D eigenvalue weighted by Crippen LogP contribution is 2.32. The van der Waals surface area contributed by atoms with Crippen molar-refractivity contribution in [1.82, 2.24) is 16.0 Å². The van der Waals surface area contributed by atoms with Crippen LogP contribution >= 0.6 is 24.0 Å². The van der Waals surface area contributed by atoms with Crippen LogP contribution in [0.2, 0.25) is 0 Å². The average Bonchev–Trinajstić information content (AvgIpc) is 3.05. The molecule has 25 heavy (non-hydrogen) atoms. The molecule has 0 unspecified atom stereocenters. The fraction of sp³-hybridized carbons (Fsp3) is 0.500. The molecular formula is C16H25IN4O4. The minimum Gasteiger partial charge on any atom is -0.454 e. The molecule has 1 aromatic carbocycles. The Balaban J connectivity index is 0.00000312. The number of amides is 1. The summed E-state index contributed by atoms with van der Waals surface area (Å²) in [6.07, 6.45) is 0. The first-order valence-electron chi connectivity index (χ1n) is 7.89. The van der Waals surface area contributed by atoms with Crippen molar-refractivity contribution in [2.24, 2.45) is 4.99 Å². The maximum atomic E-state index is 11.7. The number of carbonyl (C=O) groups is 1. The van der Waals surface area contributed by atoms with Crippen molar-refractivity contribution in [1.29, 1.82) is 0 Å². The SMILES string of the molecule is CCNC(=NCc1ccc2c(c1)OCO2)NCC(=O)NCCOC.I. The summed E-state index contributed by atoms with van der Waals surface area (Å²) in [6, 6.07) is 5.72. The van der Waals surface area contributed by atoms with E-state index in [0.29, 0.717) is 32.2 Å². The van der Waals surface area contributed by atoms with Gasteiger partial charge in [0.15, 0.2) is 17.5 Å². The van der Waals surface area contributed by atoms with Crippen LogP contribution in [-0.2, 0) is 16.1 Å². The maximum Gasteiger partial charge on any atom is 0.239 e. The van der Waals surface area contributed by atoms with Gasteiger partial charge in [-0.15, -0.1) is 24.0 Å².